The number of nitrogens with zero attached hydrogens (tertiary/aromatic N) is 2. The van der Waals surface area contributed by atoms with Gasteiger partial charge in [0, 0.05) is 18.7 Å². The number of aromatic nitrogens is 1. The van der Waals surface area contributed by atoms with Crippen molar-refractivity contribution in [1.29, 1.82) is 0 Å². The Balaban J connectivity index is 0.00000196. The van der Waals surface area contributed by atoms with Crippen LogP contribution in [0.5, 0.6) is 0 Å². The molecule has 0 N–H and O–H groups in total. The summed E-state index contributed by atoms with van der Waals surface area (Å²) in [5, 5.41) is 3.35. The van der Waals surface area contributed by atoms with E-state index in [1.807, 2.05) is 0 Å². The Kier molecular flexibility index (Phi) is 5.85. The third-order valence-electron chi connectivity index (χ3n) is 4.70. The van der Waals surface area contributed by atoms with Crippen LogP contribution >= 0.6 is 23.4 Å². The van der Waals surface area contributed by atoms with Gasteiger partial charge in [-0.05, 0) is 43.2 Å². The SMILES string of the molecule is CCN1/C(=C\c2cc[n+](C)c3ccccc23)Sc2c1ccc(C)c2Cl.[I-]. The number of thioether (sulfide) groups is 1. The normalized spacial score (nSPS) is 14.6. The largest absolute Gasteiger partial charge is 1.00 e. The summed E-state index contributed by atoms with van der Waals surface area (Å²) in [6.07, 6.45) is 4.40. The van der Waals surface area contributed by atoms with Gasteiger partial charge in [0.1, 0.15) is 7.05 Å². The van der Waals surface area contributed by atoms with E-state index in [-0.39, 0.29) is 24.0 Å². The molecule has 0 spiro atoms. The van der Waals surface area contributed by atoms with E-state index in [2.05, 4.69) is 85.1 Å². The highest BCUT2D eigenvalue weighted by atomic mass is 127. The van der Waals surface area contributed by atoms with Gasteiger partial charge in [-0.1, -0.05) is 41.6 Å². The van der Waals surface area contributed by atoms with Gasteiger partial charge in [0.15, 0.2) is 6.20 Å². The number of para-hydroxylation sites is 1. The summed E-state index contributed by atoms with van der Waals surface area (Å²) >= 11 is 8.33. The standard InChI is InChI=1S/C21H20ClN2S.HI/c1-4-24-18-10-9-14(2)20(22)21(18)25-19(24)13-15-11-12-23(3)17-8-6-5-7-16(15)17;/h5-13H,4H2,1-3H3;1H/q+1;/p-1. The van der Waals surface area contributed by atoms with Crippen LogP contribution in [0.3, 0.4) is 0 Å². The molecule has 4 rings (SSSR count). The first-order valence-electron chi connectivity index (χ1n) is 8.43. The van der Waals surface area contributed by atoms with Crippen molar-refractivity contribution < 1.29 is 28.5 Å². The maximum Gasteiger partial charge on any atom is 0.212 e. The lowest BCUT2D eigenvalue weighted by molar-refractivity contribution is -0.644. The summed E-state index contributed by atoms with van der Waals surface area (Å²) in [6, 6.07) is 15.0. The highest BCUT2D eigenvalue weighted by molar-refractivity contribution is 8.04. The van der Waals surface area contributed by atoms with Crippen molar-refractivity contribution in [1.82, 2.24) is 0 Å². The Hall–Kier alpha value is -1.24. The van der Waals surface area contributed by atoms with Crippen LogP contribution in [0.1, 0.15) is 18.1 Å². The highest BCUT2D eigenvalue weighted by Crippen LogP contribution is 2.50. The van der Waals surface area contributed by atoms with Crippen molar-refractivity contribution in [2.75, 3.05) is 11.4 Å². The molecule has 26 heavy (non-hydrogen) atoms. The molecule has 0 radical (unpaired) electrons. The maximum absolute atomic E-state index is 6.57. The summed E-state index contributed by atoms with van der Waals surface area (Å²) in [7, 11) is 2.08. The lowest BCUT2D eigenvalue weighted by atomic mass is 10.1. The lowest BCUT2D eigenvalue weighted by Crippen LogP contribution is -3.00. The number of benzene rings is 2. The topological polar surface area (TPSA) is 7.12 Å². The molecule has 1 aliphatic rings. The molecule has 0 fully saturated rings. The number of fused-ring (bicyclic) bond motifs is 2. The van der Waals surface area contributed by atoms with Gasteiger partial charge >= 0.3 is 0 Å². The molecule has 0 amide bonds. The van der Waals surface area contributed by atoms with Gasteiger partial charge in [-0.3, -0.25) is 0 Å². The fourth-order valence-electron chi connectivity index (χ4n) is 3.31. The molecule has 0 bridgehead atoms. The number of aryl methyl sites for hydroxylation is 2. The Labute approximate surface area is 180 Å². The van der Waals surface area contributed by atoms with Gasteiger partial charge in [0.2, 0.25) is 5.52 Å². The summed E-state index contributed by atoms with van der Waals surface area (Å²) in [4.78, 5) is 3.51. The predicted molar refractivity (Wildman–Crippen MR) is 108 cm³/mol. The van der Waals surface area contributed by atoms with E-state index in [9.17, 15) is 0 Å². The van der Waals surface area contributed by atoms with Crippen molar-refractivity contribution in [3.8, 4) is 0 Å². The molecule has 0 aliphatic carbocycles. The molecule has 1 aromatic heterocycles. The van der Waals surface area contributed by atoms with E-state index in [1.165, 1.54) is 32.1 Å². The van der Waals surface area contributed by atoms with Gasteiger partial charge in [-0.25, -0.2) is 4.57 Å². The number of pyridine rings is 1. The van der Waals surface area contributed by atoms with Crippen molar-refractivity contribution >= 4 is 46.0 Å². The molecule has 0 saturated carbocycles. The third-order valence-corrected chi connectivity index (χ3v) is 6.46. The molecule has 3 aromatic rings. The minimum absolute atomic E-state index is 0. The van der Waals surface area contributed by atoms with E-state index in [0.717, 1.165) is 17.1 Å². The molecule has 1 aliphatic heterocycles. The van der Waals surface area contributed by atoms with Crippen molar-refractivity contribution in [3.05, 3.63) is 69.8 Å². The Bertz CT molecular complexity index is 1020. The van der Waals surface area contributed by atoms with E-state index in [0.29, 0.717) is 0 Å². The summed E-state index contributed by atoms with van der Waals surface area (Å²) in [5.41, 5.74) is 4.80. The van der Waals surface area contributed by atoms with Crippen LogP contribution in [0.25, 0.3) is 17.0 Å². The minimum atomic E-state index is 0. The molecular formula is C21H20ClIN2S. The second-order valence-corrected chi connectivity index (χ2v) is 7.68. The van der Waals surface area contributed by atoms with Gasteiger partial charge < -0.3 is 28.9 Å². The Morgan fingerprint density at radius 3 is 2.69 bits per heavy atom. The maximum atomic E-state index is 6.57. The number of hydrogen-bond donors (Lipinski definition) is 0. The molecule has 2 heterocycles. The van der Waals surface area contributed by atoms with Crippen LogP contribution in [0, 0.1) is 6.92 Å². The van der Waals surface area contributed by atoms with Crippen molar-refractivity contribution in [2.24, 2.45) is 7.05 Å². The van der Waals surface area contributed by atoms with Crippen LogP contribution in [0.4, 0.5) is 5.69 Å². The second-order valence-electron chi connectivity index (χ2n) is 6.27. The average Bonchev–Trinajstić information content (AvgIpc) is 2.99. The van der Waals surface area contributed by atoms with Crippen molar-refractivity contribution in [3.63, 3.8) is 0 Å². The summed E-state index contributed by atoms with van der Waals surface area (Å²) in [6.45, 7) is 5.16. The average molecular weight is 495 g/mol. The number of rotatable bonds is 2. The zero-order chi connectivity index (χ0) is 17.6. The van der Waals surface area contributed by atoms with Gasteiger partial charge in [0.05, 0.1) is 26.0 Å². The highest BCUT2D eigenvalue weighted by Gasteiger charge is 2.27. The molecule has 0 saturated heterocycles. The van der Waals surface area contributed by atoms with Gasteiger partial charge in [0.25, 0.3) is 0 Å². The smallest absolute Gasteiger partial charge is 0.212 e. The number of hydrogen-bond acceptors (Lipinski definition) is 2. The van der Waals surface area contributed by atoms with Gasteiger partial charge in [-0.15, -0.1) is 0 Å². The number of anilines is 1. The lowest BCUT2D eigenvalue weighted by Gasteiger charge is -2.18. The molecule has 134 valence electrons. The first kappa shape index (κ1) is 19.5. The van der Waals surface area contributed by atoms with Crippen LogP contribution < -0.4 is 33.4 Å². The monoisotopic (exact) mass is 494 g/mol. The van der Waals surface area contributed by atoms with E-state index >= 15 is 0 Å². The van der Waals surface area contributed by atoms with Crippen LogP contribution in [0.2, 0.25) is 5.02 Å². The predicted octanol–water partition coefficient (Wildman–Crippen LogP) is 2.56. The first-order valence-corrected chi connectivity index (χ1v) is 9.63. The zero-order valence-corrected chi connectivity index (χ0v) is 18.7. The third kappa shape index (κ3) is 3.23. The van der Waals surface area contributed by atoms with Crippen LogP contribution in [-0.2, 0) is 7.05 Å². The molecule has 0 atom stereocenters. The van der Waals surface area contributed by atoms with Gasteiger partial charge in [-0.2, -0.15) is 0 Å². The van der Waals surface area contributed by atoms with Crippen LogP contribution in [0.15, 0.2) is 58.6 Å². The second kappa shape index (κ2) is 7.79. The molecule has 2 nitrogen and oxygen atoms in total. The quantitative estimate of drug-likeness (QED) is 0.399. The molecular weight excluding hydrogens is 475 g/mol. The van der Waals surface area contributed by atoms with Crippen molar-refractivity contribution in [2.45, 2.75) is 18.7 Å². The first-order chi connectivity index (χ1) is 12.1. The fraction of sp³-hybridized carbons (Fsp3) is 0.190. The summed E-state index contributed by atoms with van der Waals surface area (Å²) in [5.74, 6) is 0. The minimum Gasteiger partial charge on any atom is -1.00 e. The van der Waals surface area contributed by atoms with E-state index in [4.69, 9.17) is 11.6 Å². The summed E-state index contributed by atoms with van der Waals surface area (Å²) < 4.78 is 2.16. The number of halogens is 2. The molecule has 0 unspecified atom stereocenters. The Morgan fingerprint density at radius 1 is 1.15 bits per heavy atom. The van der Waals surface area contributed by atoms with Crippen LogP contribution in [-0.4, -0.2) is 6.54 Å². The Morgan fingerprint density at radius 2 is 1.92 bits per heavy atom. The van der Waals surface area contributed by atoms with E-state index < -0.39 is 0 Å². The van der Waals surface area contributed by atoms with E-state index in [1.54, 1.807) is 11.8 Å². The molecule has 2 aromatic carbocycles. The zero-order valence-electron chi connectivity index (χ0n) is 15.0. The molecule has 5 heteroatoms. The fourth-order valence-corrected chi connectivity index (χ4v) is 4.85.